The van der Waals surface area contributed by atoms with Gasteiger partial charge in [-0.3, -0.25) is 0 Å². The third-order valence-electron chi connectivity index (χ3n) is 5.87. The third kappa shape index (κ3) is 4.20. The predicted molar refractivity (Wildman–Crippen MR) is 115 cm³/mol. The molecule has 4 rings (SSSR count). The molecule has 7 nitrogen and oxygen atoms in total. The van der Waals surface area contributed by atoms with Crippen molar-refractivity contribution in [3.05, 3.63) is 53.6 Å². The average molecular weight is 409 g/mol. The lowest BCUT2D eigenvalue weighted by Gasteiger charge is -2.41. The van der Waals surface area contributed by atoms with Crippen LogP contribution in [0.5, 0.6) is 5.75 Å². The molecule has 2 aromatic carbocycles. The van der Waals surface area contributed by atoms with Gasteiger partial charge in [0, 0.05) is 24.5 Å². The van der Waals surface area contributed by atoms with Gasteiger partial charge >= 0.3 is 12.2 Å². The highest BCUT2D eigenvalue weighted by atomic mass is 16.7. The van der Waals surface area contributed by atoms with Crippen molar-refractivity contribution in [3.63, 3.8) is 0 Å². The summed E-state index contributed by atoms with van der Waals surface area (Å²) in [5.74, 6) is 0.323. The highest BCUT2D eigenvalue weighted by Crippen LogP contribution is 2.45. The van der Waals surface area contributed by atoms with Crippen LogP contribution >= 0.6 is 0 Å². The Balaban J connectivity index is 1.55. The summed E-state index contributed by atoms with van der Waals surface area (Å²) in [6, 6.07) is 13.3. The van der Waals surface area contributed by atoms with E-state index in [0.717, 1.165) is 54.9 Å². The normalized spacial score (nSPS) is 19.5. The molecule has 0 spiro atoms. The van der Waals surface area contributed by atoms with Gasteiger partial charge in [0.15, 0.2) is 0 Å². The Morgan fingerprint density at radius 2 is 1.93 bits per heavy atom. The van der Waals surface area contributed by atoms with Gasteiger partial charge in [0.2, 0.25) is 0 Å². The monoisotopic (exact) mass is 409 g/mol. The van der Waals surface area contributed by atoms with Gasteiger partial charge in [-0.25, -0.2) is 9.59 Å². The Hall–Kier alpha value is -3.22. The maximum atomic E-state index is 12.4. The fourth-order valence-electron chi connectivity index (χ4n) is 4.42. The van der Waals surface area contributed by atoms with Crippen molar-refractivity contribution in [2.75, 3.05) is 23.7 Å². The summed E-state index contributed by atoms with van der Waals surface area (Å²) in [7, 11) is 0. The summed E-state index contributed by atoms with van der Waals surface area (Å²) in [6.45, 7) is 5.97. The summed E-state index contributed by atoms with van der Waals surface area (Å²) >= 11 is 0. The largest absolute Gasteiger partial charge is 0.511 e. The van der Waals surface area contributed by atoms with E-state index in [1.165, 1.54) is 0 Å². The average Bonchev–Trinajstić information content (AvgIpc) is 3.21. The summed E-state index contributed by atoms with van der Waals surface area (Å²) in [6.07, 6.45) is 1.57. The van der Waals surface area contributed by atoms with E-state index < -0.39 is 6.16 Å². The molecule has 30 heavy (non-hydrogen) atoms. The number of fused-ring (bicyclic) bond motifs is 1. The lowest BCUT2D eigenvalue weighted by molar-refractivity contribution is 0.144. The van der Waals surface area contributed by atoms with Crippen LogP contribution in [0.2, 0.25) is 0 Å². The van der Waals surface area contributed by atoms with E-state index in [0.29, 0.717) is 5.75 Å². The molecular weight excluding hydrogens is 382 g/mol. The topological polar surface area (TPSA) is 90.9 Å². The molecule has 0 radical (unpaired) electrons. The minimum Gasteiger partial charge on any atom is -0.449 e. The Bertz CT molecular complexity index is 967. The van der Waals surface area contributed by atoms with Crippen LogP contribution in [0, 0.1) is 5.41 Å². The summed E-state index contributed by atoms with van der Waals surface area (Å²) < 4.78 is 4.80. The molecule has 0 saturated carbocycles. The van der Waals surface area contributed by atoms with E-state index in [2.05, 4.69) is 30.5 Å². The van der Waals surface area contributed by atoms with E-state index >= 15 is 0 Å². The number of anilines is 2. The first kappa shape index (κ1) is 20.1. The number of nitrogens with zero attached hydrogens (tertiary/aromatic N) is 1. The van der Waals surface area contributed by atoms with Crippen LogP contribution in [-0.2, 0) is 6.42 Å². The first-order chi connectivity index (χ1) is 14.3. The molecule has 2 amide bonds. The number of hydrogen-bond acceptors (Lipinski definition) is 4. The Morgan fingerprint density at radius 3 is 2.67 bits per heavy atom. The van der Waals surface area contributed by atoms with Crippen LogP contribution in [0.15, 0.2) is 42.5 Å². The fourth-order valence-corrected chi connectivity index (χ4v) is 4.42. The molecule has 1 unspecified atom stereocenters. The van der Waals surface area contributed by atoms with Gasteiger partial charge in [-0.1, -0.05) is 26.0 Å². The first-order valence-corrected chi connectivity index (χ1v) is 10.3. The van der Waals surface area contributed by atoms with Crippen molar-refractivity contribution in [1.82, 2.24) is 4.90 Å². The summed E-state index contributed by atoms with van der Waals surface area (Å²) in [4.78, 5) is 25.1. The first-order valence-electron chi connectivity index (χ1n) is 10.3. The zero-order valence-electron chi connectivity index (χ0n) is 17.3. The van der Waals surface area contributed by atoms with E-state index in [1.807, 2.05) is 29.2 Å². The molecule has 3 N–H and O–H groups in total. The van der Waals surface area contributed by atoms with Crippen LogP contribution in [-0.4, -0.2) is 35.3 Å². The molecule has 7 heteroatoms. The van der Waals surface area contributed by atoms with Gasteiger partial charge < -0.3 is 25.4 Å². The van der Waals surface area contributed by atoms with Crippen molar-refractivity contribution < 1.29 is 19.4 Å². The highest BCUT2D eigenvalue weighted by Gasteiger charge is 2.36. The number of amides is 2. The van der Waals surface area contributed by atoms with Crippen LogP contribution in [0.3, 0.4) is 0 Å². The van der Waals surface area contributed by atoms with Crippen molar-refractivity contribution in [1.29, 1.82) is 0 Å². The van der Waals surface area contributed by atoms with Crippen molar-refractivity contribution in [2.45, 2.75) is 39.2 Å². The number of nitrogens with one attached hydrogen (secondary N) is 2. The molecule has 0 aromatic heterocycles. The zero-order valence-corrected chi connectivity index (χ0v) is 17.3. The molecule has 158 valence electrons. The molecule has 1 fully saturated rings. The van der Waals surface area contributed by atoms with Gasteiger partial charge in [-0.15, -0.1) is 0 Å². The molecule has 2 aliphatic rings. The smallest absolute Gasteiger partial charge is 0.449 e. The van der Waals surface area contributed by atoms with Gasteiger partial charge in [-0.05, 0) is 66.1 Å². The van der Waals surface area contributed by atoms with E-state index in [-0.39, 0.29) is 17.5 Å². The zero-order chi connectivity index (χ0) is 21.3. The number of benzene rings is 2. The van der Waals surface area contributed by atoms with Crippen molar-refractivity contribution >= 4 is 23.6 Å². The van der Waals surface area contributed by atoms with Crippen LogP contribution < -0.4 is 15.4 Å². The molecular formula is C23H27N3O4. The van der Waals surface area contributed by atoms with Crippen LogP contribution in [0.25, 0.3) is 0 Å². The summed E-state index contributed by atoms with van der Waals surface area (Å²) in [5.41, 5.74) is 3.73. The van der Waals surface area contributed by atoms with Crippen LogP contribution in [0.1, 0.15) is 43.9 Å². The predicted octanol–water partition coefficient (Wildman–Crippen LogP) is 5.11. The Labute approximate surface area is 176 Å². The minimum absolute atomic E-state index is 0.0416. The number of likely N-dealkylation sites (tertiary alicyclic amines) is 1. The molecule has 0 aliphatic carbocycles. The molecule has 0 bridgehead atoms. The standard InChI is InChI=1S/C23H27N3O4/c1-23(2)14-16-13-18(30-22(28)29)8-9-19(16)25-20(23)15-6-5-7-17(12-15)24-21(27)26-10-3-4-11-26/h5-9,12-13,20,25H,3-4,10-11,14H2,1-2H3,(H,24,27)(H,28,29). The van der Waals surface area contributed by atoms with Crippen molar-refractivity contribution in [2.24, 2.45) is 5.41 Å². The van der Waals surface area contributed by atoms with Crippen LogP contribution in [0.4, 0.5) is 21.0 Å². The lowest BCUT2D eigenvalue weighted by Crippen LogP contribution is -2.35. The van der Waals surface area contributed by atoms with Gasteiger partial charge in [-0.2, -0.15) is 0 Å². The number of hydrogen-bond donors (Lipinski definition) is 3. The number of carboxylic acid groups (broad SMARTS) is 1. The molecule has 2 heterocycles. The molecule has 1 saturated heterocycles. The second kappa shape index (κ2) is 7.89. The van der Waals surface area contributed by atoms with Gasteiger partial charge in [0.25, 0.3) is 0 Å². The lowest BCUT2D eigenvalue weighted by atomic mass is 9.73. The fraction of sp³-hybridized carbons (Fsp3) is 0.391. The van der Waals surface area contributed by atoms with E-state index in [4.69, 9.17) is 9.84 Å². The van der Waals surface area contributed by atoms with Gasteiger partial charge in [0.05, 0.1) is 6.04 Å². The molecule has 2 aromatic rings. The van der Waals surface area contributed by atoms with Gasteiger partial charge in [0.1, 0.15) is 5.75 Å². The number of ether oxygens (including phenoxy) is 1. The number of carbonyl (C=O) groups excluding carboxylic acids is 1. The Kier molecular flexibility index (Phi) is 5.28. The second-order valence-corrected chi connectivity index (χ2v) is 8.68. The second-order valence-electron chi connectivity index (χ2n) is 8.68. The quantitative estimate of drug-likeness (QED) is 0.484. The SMILES string of the molecule is CC1(C)Cc2cc(OC(=O)O)ccc2NC1c1cccc(NC(=O)N2CCCC2)c1. The summed E-state index contributed by atoms with van der Waals surface area (Å²) in [5, 5.41) is 15.5. The maximum Gasteiger partial charge on any atom is 0.511 e. The maximum absolute atomic E-state index is 12.4. The molecule has 2 aliphatic heterocycles. The third-order valence-corrected chi connectivity index (χ3v) is 5.87. The Morgan fingerprint density at radius 1 is 1.17 bits per heavy atom. The number of urea groups is 1. The molecule has 1 atom stereocenters. The van der Waals surface area contributed by atoms with E-state index in [9.17, 15) is 9.59 Å². The minimum atomic E-state index is -1.32. The highest BCUT2D eigenvalue weighted by molar-refractivity contribution is 5.89. The van der Waals surface area contributed by atoms with E-state index in [1.54, 1.807) is 12.1 Å². The number of rotatable bonds is 3. The number of carbonyl (C=O) groups is 2. The van der Waals surface area contributed by atoms with Crippen molar-refractivity contribution in [3.8, 4) is 5.75 Å².